The summed E-state index contributed by atoms with van der Waals surface area (Å²) in [6.07, 6.45) is 0.294. The van der Waals surface area contributed by atoms with Crippen LogP contribution in [-0.4, -0.2) is 39.7 Å². The lowest BCUT2D eigenvalue weighted by molar-refractivity contribution is -0.138. The Labute approximate surface area is 186 Å². The van der Waals surface area contributed by atoms with Crippen LogP contribution in [0.4, 0.5) is 16.4 Å². The van der Waals surface area contributed by atoms with Gasteiger partial charge in [-0.3, -0.25) is 35.7 Å². The Morgan fingerprint density at radius 3 is 2.16 bits per heavy atom. The molecule has 14 heteroatoms. The van der Waals surface area contributed by atoms with E-state index in [4.69, 9.17) is 34.2 Å². The SMILES string of the molecule is CCC1(c2ccccc2)C(=O)NC(=O)NC1=O.N=C(N)NC(=O)c1nc(Cl)c(N)nc1N. The second kappa shape index (κ2) is 9.70. The van der Waals surface area contributed by atoms with Crippen molar-refractivity contribution in [3.63, 3.8) is 0 Å². The number of carbonyl (C=O) groups excluding carboxylic acids is 4. The Kier molecular flexibility index (Phi) is 7.28. The number of urea groups is 1. The van der Waals surface area contributed by atoms with Gasteiger partial charge in [-0.25, -0.2) is 14.8 Å². The molecular formula is C18H20ClN9O4. The highest BCUT2D eigenvalue weighted by atomic mass is 35.5. The number of nitrogens with one attached hydrogen (secondary N) is 4. The molecule has 168 valence electrons. The fourth-order valence-electron chi connectivity index (χ4n) is 2.85. The number of halogens is 1. The third-order valence-corrected chi connectivity index (χ3v) is 4.67. The number of rotatable bonds is 3. The van der Waals surface area contributed by atoms with Crippen molar-refractivity contribution in [3.8, 4) is 0 Å². The highest BCUT2D eigenvalue weighted by Gasteiger charge is 2.50. The van der Waals surface area contributed by atoms with Gasteiger partial charge in [-0.15, -0.1) is 0 Å². The minimum absolute atomic E-state index is 0.0754. The number of hydrogen-bond donors (Lipinski definition) is 7. The van der Waals surface area contributed by atoms with E-state index in [0.29, 0.717) is 12.0 Å². The maximum atomic E-state index is 12.0. The number of hydrogen-bond acceptors (Lipinski definition) is 9. The number of guanidine groups is 1. The highest BCUT2D eigenvalue weighted by molar-refractivity contribution is 6.31. The molecule has 0 atom stereocenters. The third kappa shape index (κ3) is 4.89. The van der Waals surface area contributed by atoms with Crippen LogP contribution < -0.4 is 33.2 Å². The molecule has 1 saturated heterocycles. The summed E-state index contributed by atoms with van der Waals surface area (Å²) in [7, 11) is 0. The summed E-state index contributed by atoms with van der Waals surface area (Å²) in [4.78, 5) is 53.5. The minimum Gasteiger partial charge on any atom is -0.382 e. The number of nitrogens with two attached hydrogens (primary N) is 3. The summed E-state index contributed by atoms with van der Waals surface area (Å²) in [5.74, 6) is -2.70. The van der Waals surface area contributed by atoms with Crippen molar-refractivity contribution >= 4 is 52.9 Å². The van der Waals surface area contributed by atoms with E-state index in [9.17, 15) is 19.2 Å². The molecule has 10 N–H and O–H groups in total. The van der Waals surface area contributed by atoms with E-state index in [2.05, 4.69) is 20.6 Å². The van der Waals surface area contributed by atoms with Crippen LogP contribution in [0.5, 0.6) is 0 Å². The Balaban J connectivity index is 0.000000229. The molecule has 1 fully saturated rings. The molecular weight excluding hydrogens is 442 g/mol. The Morgan fingerprint density at radius 2 is 1.66 bits per heavy atom. The van der Waals surface area contributed by atoms with Crippen molar-refractivity contribution < 1.29 is 19.2 Å². The summed E-state index contributed by atoms with van der Waals surface area (Å²) in [5, 5.41) is 13.0. The lowest BCUT2D eigenvalue weighted by Crippen LogP contribution is -2.64. The minimum atomic E-state index is -1.31. The van der Waals surface area contributed by atoms with Crippen LogP contribution in [0.25, 0.3) is 0 Å². The van der Waals surface area contributed by atoms with Gasteiger partial charge < -0.3 is 17.2 Å². The average Bonchev–Trinajstić information content (AvgIpc) is 2.71. The Bertz CT molecular complexity index is 1070. The zero-order valence-corrected chi connectivity index (χ0v) is 17.5. The van der Waals surface area contributed by atoms with Crippen LogP contribution in [0, 0.1) is 5.41 Å². The Hall–Kier alpha value is -4.26. The van der Waals surface area contributed by atoms with Crippen molar-refractivity contribution in [2.24, 2.45) is 5.73 Å². The van der Waals surface area contributed by atoms with Gasteiger partial charge in [-0.05, 0) is 12.0 Å². The molecule has 1 aliphatic rings. The second-order valence-electron chi connectivity index (χ2n) is 6.36. The van der Waals surface area contributed by atoms with E-state index in [0.717, 1.165) is 0 Å². The molecule has 13 nitrogen and oxygen atoms in total. The second-order valence-corrected chi connectivity index (χ2v) is 6.72. The van der Waals surface area contributed by atoms with Crippen molar-refractivity contribution in [2.45, 2.75) is 18.8 Å². The number of anilines is 2. The molecule has 5 amide bonds. The van der Waals surface area contributed by atoms with Gasteiger partial charge in [-0.1, -0.05) is 48.9 Å². The van der Waals surface area contributed by atoms with E-state index in [1.807, 2.05) is 5.32 Å². The molecule has 2 heterocycles. The zero-order chi connectivity index (χ0) is 24.1. The first-order valence-corrected chi connectivity index (χ1v) is 9.37. The third-order valence-electron chi connectivity index (χ3n) is 4.39. The van der Waals surface area contributed by atoms with E-state index in [1.54, 1.807) is 37.3 Å². The molecule has 2 aromatic rings. The van der Waals surface area contributed by atoms with Crippen LogP contribution in [0.2, 0.25) is 5.15 Å². The summed E-state index contributed by atoms with van der Waals surface area (Å²) >= 11 is 5.55. The molecule has 0 spiro atoms. The molecule has 3 rings (SSSR count). The number of nitrogens with zero attached hydrogens (tertiary/aromatic N) is 2. The van der Waals surface area contributed by atoms with Gasteiger partial charge in [0.25, 0.3) is 5.91 Å². The van der Waals surface area contributed by atoms with Gasteiger partial charge in [0.1, 0.15) is 0 Å². The average molecular weight is 462 g/mol. The lowest BCUT2D eigenvalue weighted by atomic mass is 9.75. The molecule has 1 aliphatic heterocycles. The monoisotopic (exact) mass is 461 g/mol. The molecule has 0 radical (unpaired) electrons. The number of nitrogen functional groups attached to an aromatic ring is 2. The fourth-order valence-corrected chi connectivity index (χ4v) is 2.98. The summed E-state index contributed by atoms with van der Waals surface area (Å²) in [5.41, 5.74) is 14.7. The largest absolute Gasteiger partial charge is 0.382 e. The van der Waals surface area contributed by atoms with Gasteiger partial charge >= 0.3 is 6.03 Å². The van der Waals surface area contributed by atoms with Crippen LogP contribution in [-0.2, 0) is 15.0 Å². The number of carbonyl (C=O) groups is 4. The van der Waals surface area contributed by atoms with Crippen molar-refractivity contribution in [1.82, 2.24) is 25.9 Å². The van der Waals surface area contributed by atoms with E-state index in [-0.39, 0.29) is 22.5 Å². The summed E-state index contributed by atoms with van der Waals surface area (Å²) < 4.78 is 0. The van der Waals surface area contributed by atoms with Crippen molar-refractivity contribution in [1.29, 1.82) is 5.41 Å². The van der Waals surface area contributed by atoms with Crippen LogP contribution >= 0.6 is 11.6 Å². The zero-order valence-electron chi connectivity index (χ0n) is 16.7. The van der Waals surface area contributed by atoms with Gasteiger partial charge in [0.2, 0.25) is 11.8 Å². The first-order chi connectivity index (χ1) is 15.0. The van der Waals surface area contributed by atoms with E-state index < -0.39 is 35.1 Å². The van der Waals surface area contributed by atoms with Gasteiger partial charge in [0.15, 0.2) is 33.9 Å². The molecule has 1 aromatic carbocycles. The maximum absolute atomic E-state index is 12.0. The number of benzene rings is 1. The highest BCUT2D eigenvalue weighted by Crippen LogP contribution is 2.30. The molecule has 0 bridgehead atoms. The normalized spacial score (nSPS) is 14.4. The van der Waals surface area contributed by atoms with Gasteiger partial charge in [0.05, 0.1) is 0 Å². The molecule has 32 heavy (non-hydrogen) atoms. The van der Waals surface area contributed by atoms with Gasteiger partial charge in [0, 0.05) is 0 Å². The maximum Gasteiger partial charge on any atom is 0.328 e. The number of imide groups is 2. The van der Waals surface area contributed by atoms with Crippen LogP contribution in [0.1, 0.15) is 29.4 Å². The molecule has 0 unspecified atom stereocenters. The van der Waals surface area contributed by atoms with Crippen LogP contribution in [0.15, 0.2) is 30.3 Å². The van der Waals surface area contributed by atoms with Crippen molar-refractivity contribution in [2.75, 3.05) is 11.5 Å². The smallest absolute Gasteiger partial charge is 0.328 e. The molecule has 0 saturated carbocycles. The fraction of sp³-hybridized carbons (Fsp3) is 0.167. The first kappa shape index (κ1) is 24.0. The first-order valence-electron chi connectivity index (χ1n) is 8.99. The van der Waals surface area contributed by atoms with Crippen LogP contribution in [0.3, 0.4) is 0 Å². The number of amides is 5. The summed E-state index contributed by atoms with van der Waals surface area (Å²) in [6, 6.07) is 7.96. The summed E-state index contributed by atoms with van der Waals surface area (Å²) in [6.45, 7) is 1.74. The number of aromatic nitrogens is 2. The van der Waals surface area contributed by atoms with E-state index in [1.165, 1.54) is 0 Å². The van der Waals surface area contributed by atoms with Gasteiger partial charge in [-0.2, -0.15) is 0 Å². The molecule has 1 aromatic heterocycles. The molecule has 0 aliphatic carbocycles. The Morgan fingerprint density at radius 1 is 1.09 bits per heavy atom. The van der Waals surface area contributed by atoms with E-state index >= 15 is 0 Å². The predicted molar refractivity (Wildman–Crippen MR) is 115 cm³/mol. The lowest BCUT2D eigenvalue weighted by Gasteiger charge is -2.33. The topological polar surface area (TPSA) is 232 Å². The quantitative estimate of drug-likeness (QED) is 0.179. The predicted octanol–water partition coefficient (Wildman–Crippen LogP) is -0.382. The number of barbiturate groups is 1. The standard InChI is InChI=1S/C12H12N2O3.C6H8ClN7O/c1-2-12(8-6-4-3-5-7-8)9(15)13-11(17)14-10(12)16;7-2-4(9)13-3(8)1(12-2)5(15)14-6(10)11/h3-7H,2H2,1H3,(H2,13,14,15,16,17);(H4,8,9,13)(H4,10,11,14,15). The van der Waals surface area contributed by atoms with Crippen molar-refractivity contribution in [3.05, 3.63) is 46.7 Å².